The van der Waals surface area contributed by atoms with E-state index in [0.29, 0.717) is 0 Å². The second-order valence-electron chi connectivity index (χ2n) is 2.50. The van der Waals surface area contributed by atoms with Gasteiger partial charge in [-0.25, -0.2) is 0 Å². The number of hydrogen-bond acceptors (Lipinski definition) is 1. The molecule has 0 aromatic heterocycles. The van der Waals surface area contributed by atoms with Crippen LogP contribution in [0.4, 0.5) is 0 Å². The molecule has 0 heterocycles. The van der Waals surface area contributed by atoms with E-state index in [0.717, 1.165) is 18.1 Å². The van der Waals surface area contributed by atoms with Gasteiger partial charge in [-0.05, 0) is 18.1 Å². The quantitative estimate of drug-likeness (QED) is 0.684. The standard InChI is InChI=1S/C9H13OP/c10-9(6-7-11)8-4-2-1-3-5-8/h1-5,9-10H,6-7,11H2. The summed E-state index contributed by atoms with van der Waals surface area (Å²) < 4.78 is 0. The van der Waals surface area contributed by atoms with Gasteiger partial charge in [0.1, 0.15) is 0 Å². The van der Waals surface area contributed by atoms with E-state index in [9.17, 15) is 5.11 Å². The maximum atomic E-state index is 9.51. The second-order valence-corrected chi connectivity index (χ2v) is 3.08. The normalized spacial score (nSPS) is 12.9. The minimum atomic E-state index is -0.298. The van der Waals surface area contributed by atoms with Gasteiger partial charge in [0.2, 0.25) is 0 Å². The largest absolute Gasteiger partial charge is 0.388 e. The minimum absolute atomic E-state index is 0.298. The van der Waals surface area contributed by atoms with Crippen molar-refractivity contribution >= 4 is 9.24 Å². The molecule has 2 unspecified atom stereocenters. The molecule has 0 aliphatic heterocycles. The van der Waals surface area contributed by atoms with E-state index in [-0.39, 0.29) is 6.10 Å². The first-order valence-electron chi connectivity index (χ1n) is 3.77. The van der Waals surface area contributed by atoms with Crippen LogP contribution in [0.25, 0.3) is 0 Å². The van der Waals surface area contributed by atoms with Gasteiger partial charge < -0.3 is 5.11 Å². The Bertz CT molecular complexity index is 198. The first kappa shape index (κ1) is 8.70. The van der Waals surface area contributed by atoms with Gasteiger partial charge in [0, 0.05) is 0 Å². The maximum Gasteiger partial charge on any atom is 0.0793 e. The molecule has 0 saturated carbocycles. The van der Waals surface area contributed by atoms with E-state index >= 15 is 0 Å². The molecule has 11 heavy (non-hydrogen) atoms. The number of hydrogen-bond donors (Lipinski definition) is 1. The fraction of sp³-hybridized carbons (Fsp3) is 0.333. The summed E-state index contributed by atoms with van der Waals surface area (Å²) in [7, 11) is 2.61. The molecule has 1 N–H and O–H groups in total. The topological polar surface area (TPSA) is 20.2 Å². The van der Waals surface area contributed by atoms with Crippen molar-refractivity contribution in [2.75, 3.05) is 6.16 Å². The lowest BCUT2D eigenvalue weighted by Crippen LogP contribution is -1.96. The highest BCUT2D eigenvalue weighted by Gasteiger charge is 2.03. The summed E-state index contributed by atoms with van der Waals surface area (Å²) in [5.74, 6) is 0. The molecule has 0 fully saturated rings. The number of benzene rings is 1. The molecule has 1 aromatic carbocycles. The molecule has 0 saturated heterocycles. The molecule has 0 spiro atoms. The van der Waals surface area contributed by atoms with Gasteiger partial charge in [-0.2, -0.15) is 0 Å². The number of aliphatic hydroxyl groups excluding tert-OH is 1. The van der Waals surface area contributed by atoms with E-state index in [2.05, 4.69) is 9.24 Å². The Hall–Kier alpha value is -0.390. The Balaban J connectivity index is 2.61. The lowest BCUT2D eigenvalue weighted by atomic mass is 10.1. The molecule has 2 atom stereocenters. The zero-order chi connectivity index (χ0) is 8.10. The highest BCUT2D eigenvalue weighted by molar-refractivity contribution is 7.16. The summed E-state index contributed by atoms with van der Waals surface area (Å²) in [5.41, 5.74) is 1.01. The van der Waals surface area contributed by atoms with Gasteiger partial charge in [-0.3, -0.25) is 0 Å². The third kappa shape index (κ3) is 2.61. The molecule has 2 heteroatoms. The minimum Gasteiger partial charge on any atom is -0.388 e. The van der Waals surface area contributed by atoms with E-state index in [4.69, 9.17) is 0 Å². The molecule has 1 aromatic rings. The van der Waals surface area contributed by atoms with Crippen LogP contribution in [0.2, 0.25) is 0 Å². The van der Waals surface area contributed by atoms with Crippen LogP contribution in [-0.2, 0) is 0 Å². The van der Waals surface area contributed by atoms with Gasteiger partial charge in [-0.15, -0.1) is 9.24 Å². The van der Waals surface area contributed by atoms with Gasteiger partial charge >= 0.3 is 0 Å². The highest BCUT2D eigenvalue weighted by atomic mass is 31.0. The third-order valence-electron chi connectivity index (χ3n) is 1.62. The molecular weight excluding hydrogens is 155 g/mol. The molecule has 1 rings (SSSR count). The van der Waals surface area contributed by atoms with Crippen LogP contribution in [0.3, 0.4) is 0 Å². The Morgan fingerprint density at radius 2 is 1.91 bits per heavy atom. The van der Waals surface area contributed by atoms with Gasteiger partial charge in [-0.1, -0.05) is 30.3 Å². The van der Waals surface area contributed by atoms with Crippen molar-refractivity contribution in [3.05, 3.63) is 35.9 Å². The molecule has 0 bridgehead atoms. The van der Waals surface area contributed by atoms with Crippen LogP contribution in [0, 0.1) is 0 Å². The monoisotopic (exact) mass is 168 g/mol. The summed E-state index contributed by atoms with van der Waals surface area (Å²) >= 11 is 0. The van der Waals surface area contributed by atoms with Gasteiger partial charge in [0.15, 0.2) is 0 Å². The molecule has 60 valence electrons. The summed E-state index contributed by atoms with van der Waals surface area (Å²) in [6.07, 6.45) is 1.46. The lowest BCUT2D eigenvalue weighted by Gasteiger charge is -2.07. The van der Waals surface area contributed by atoms with E-state index in [1.54, 1.807) is 0 Å². The molecule has 0 amide bonds. The van der Waals surface area contributed by atoms with Crippen molar-refractivity contribution in [3.8, 4) is 0 Å². The third-order valence-corrected chi connectivity index (χ3v) is 1.96. The predicted octanol–water partition coefficient (Wildman–Crippen LogP) is 1.99. The second kappa shape index (κ2) is 4.48. The summed E-state index contributed by atoms with van der Waals surface area (Å²) in [6, 6.07) is 9.75. The van der Waals surface area contributed by atoms with Crippen molar-refractivity contribution in [1.82, 2.24) is 0 Å². The number of rotatable bonds is 3. The zero-order valence-electron chi connectivity index (χ0n) is 6.40. The summed E-state index contributed by atoms with van der Waals surface area (Å²) in [5, 5.41) is 9.51. The van der Waals surface area contributed by atoms with Crippen LogP contribution < -0.4 is 0 Å². The fourth-order valence-corrected chi connectivity index (χ4v) is 1.32. The SMILES string of the molecule is OC(CCP)c1ccccc1. The highest BCUT2D eigenvalue weighted by Crippen LogP contribution is 2.16. The van der Waals surface area contributed by atoms with Crippen molar-refractivity contribution < 1.29 is 5.11 Å². The average molecular weight is 168 g/mol. The number of aliphatic hydroxyl groups is 1. The van der Waals surface area contributed by atoms with Crippen LogP contribution in [-0.4, -0.2) is 11.3 Å². The van der Waals surface area contributed by atoms with E-state index < -0.39 is 0 Å². The van der Waals surface area contributed by atoms with Crippen LogP contribution in [0.5, 0.6) is 0 Å². The Morgan fingerprint density at radius 1 is 1.27 bits per heavy atom. The molecular formula is C9H13OP. The first-order valence-corrected chi connectivity index (χ1v) is 4.59. The molecule has 0 aliphatic carbocycles. The van der Waals surface area contributed by atoms with Gasteiger partial charge in [0.05, 0.1) is 6.10 Å². The van der Waals surface area contributed by atoms with Crippen molar-refractivity contribution in [2.45, 2.75) is 12.5 Å². The smallest absolute Gasteiger partial charge is 0.0793 e. The van der Waals surface area contributed by atoms with Crippen molar-refractivity contribution in [1.29, 1.82) is 0 Å². The first-order chi connectivity index (χ1) is 5.34. The zero-order valence-corrected chi connectivity index (χ0v) is 7.56. The summed E-state index contributed by atoms with van der Waals surface area (Å²) in [4.78, 5) is 0. The maximum absolute atomic E-state index is 9.51. The molecule has 1 nitrogen and oxygen atoms in total. The Kier molecular flexibility index (Phi) is 3.55. The van der Waals surface area contributed by atoms with Crippen LogP contribution in [0.15, 0.2) is 30.3 Å². The molecule has 0 aliphatic rings. The van der Waals surface area contributed by atoms with Crippen LogP contribution in [0.1, 0.15) is 18.1 Å². The van der Waals surface area contributed by atoms with Crippen LogP contribution >= 0.6 is 9.24 Å². The lowest BCUT2D eigenvalue weighted by molar-refractivity contribution is 0.175. The average Bonchev–Trinajstić information content (AvgIpc) is 2.07. The summed E-state index contributed by atoms with van der Waals surface area (Å²) in [6.45, 7) is 0. The molecule has 0 radical (unpaired) electrons. The van der Waals surface area contributed by atoms with Gasteiger partial charge in [0.25, 0.3) is 0 Å². The predicted molar refractivity (Wildman–Crippen MR) is 50.6 cm³/mol. The Morgan fingerprint density at radius 3 is 2.45 bits per heavy atom. The van der Waals surface area contributed by atoms with E-state index in [1.165, 1.54) is 0 Å². The van der Waals surface area contributed by atoms with E-state index in [1.807, 2.05) is 30.3 Å². The van der Waals surface area contributed by atoms with Crippen molar-refractivity contribution in [2.24, 2.45) is 0 Å². The Labute approximate surface area is 69.7 Å². The fourth-order valence-electron chi connectivity index (χ4n) is 1.000. The van der Waals surface area contributed by atoms with Crippen molar-refractivity contribution in [3.63, 3.8) is 0 Å².